The molecule has 1 saturated heterocycles. The van der Waals surface area contributed by atoms with Crippen LogP contribution in [0.15, 0.2) is 34.0 Å². The molecule has 1 aliphatic heterocycles. The number of carbonyl (C=O) groups excluding carboxylic acids is 3. The molecule has 8 N–H and O–H groups in total. The Hall–Kier alpha value is -3.90. The lowest BCUT2D eigenvalue weighted by atomic mass is 9.57. The fourth-order valence-corrected chi connectivity index (χ4v) is 6.47. The van der Waals surface area contributed by atoms with E-state index < -0.39 is 58.0 Å². The first-order valence-corrected chi connectivity index (χ1v) is 12.5. The Morgan fingerprint density at radius 3 is 2.39 bits per heavy atom. The molecule has 0 bridgehead atoms. The first-order valence-electron chi connectivity index (χ1n) is 12.5. The summed E-state index contributed by atoms with van der Waals surface area (Å²) in [4.78, 5) is 47.1. The number of Topliss-reactive ketones (excluding diaryl/α,β-unsaturated/α-hetero) is 2. The van der Waals surface area contributed by atoms with E-state index in [1.165, 1.54) is 11.0 Å². The fourth-order valence-electron chi connectivity index (χ4n) is 6.47. The number of aliphatic hydroxyl groups is 3. The number of ketones is 2. The number of likely N-dealkylation sites (tertiary alicyclic amines) is 1. The highest BCUT2D eigenvalue weighted by atomic mass is 16.3. The number of primary amides is 1. The molecule has 1 amide bonds. The van der Waals surface area contributed by atoms with Gasteiger partial charge in [0.15, 0.2) is 17.3 Å². The number of nitrogens with two attached hydrogens (primary N) is 2. The van der Waals surface area contributed by atoms with Crippen molar-refractivity contribution in [2.75, 3.05) is 27.2 Å². The molecule has 4 aliphatic rings. The summed E-state index contributed by atoms with van der Waals surface area (Å²) in [5.41, 5.74) is 8.73. The summed E-state index contributed by atoms with van der Waals surface area (Å²) in [6, 6.07) is 1.78. The van der Waals surface area contributed by atoms with Crippen molar-refractivity contribution in [3.8, 4) is 5.75 Å². The summed E-state index contributed by atoms with van der Waals surface area (Å²) in [7, 11) is 3.11. The third-order valence-electron chi connectivity index (χ3n) is 8.24. The van der Waals surface area contributed by atoms with Crippen LogP contribution < -0.4 is 11.5 Å². The Balaban J connectivity index is 1.68. The fraction of sp³-hybridized carbons (Fsp3) is 0.462. The minimum absolute atomic E-state index is 0.00613. The number of rotatable bonds is 3. The molecule has 4 atom stereocenters. The van der Waals surface area contributed by atoms with Crippen molar-refractivity contribution in [1.29, 1.82) is 0 Å². The van der Waals surface area contributed by atoms with Crippen LogP contribution in [-0.2, 0) is 20.8 Å². The maximum atomic E-state index is 13.9. The second kappa shape index (κ2) is 8.84. The van der Waals surface area contributed by atoms with Crippen LogP contribution in [0, 0.1) is 11.8 Å². The summed E-state index contributed by atoms with van der Waals surface area (Å²) < 4.78 is 0. The number of aromatic hydroxyl groups is 1. The van der Waals surface area contributed by atoms with Crippen LogP contribution >= 0.6 is 0 Å². The first kappa shape index (κ1) is 25.7. The summed E-state index contributed by atoms with van der Waals surface area (Å²) in [5.74, 6) is -6.61. The molecular weight excluding hydrogens is 494 g/mol. The standard InChI is InChI=1S/C26H31N5O7/c1-30(2)19-13-10-11-9-12-14(29-25(28)31-7-3-4-8-31)5-6-15(32)17(12)20(33)16(11)22(35)26(13,38)23(36)18(21(19)34)24(27)37/h5-6,11,13,19,32-33,36,38H,3-4,7-10H2,1-2H3,(H2,27,37)(H2,28,29)/t11-,13-,19+,26-/m0/s1. The lowest BCUT2D eigenvalue weighted by molar-refractivity contribution is -0.153. The summed E-state index contributed by atoms with van der Waals surface area (Å²) >= 11 is 0. The zero-order valence-electron chi connectivity index (χ0n) is 21.1. The van der Waals surface area contributed by atoms with Gasteiger partial charge in [-0.1, -0.05) is 0 Å². The third-order valence-corrected chi connectivity index (χ3v) is 8.24. The van der Waals surface area contributed by atoms with Crippen molar-refractivity contribution in [2.45, 2.75) is 37.3 Å². The highest BCUT2D eigenvalue weighted by Crippen LogP contribution is 2.53. The smallest absolute Gasteiger partial charge is 0.255 e. The molecule has 1 heterocycles. The van der Waals surface area contributed by atoms with E-state index in [4.69, 9.17) is 11.5 Å². The zero-order chi connectivity index (χ0) is 27.7. The Morgan fingerprint density at radius 2 is 1.79 bits per heavy atom. The van der Waals surface area contributed by atoms with Gasteiger partial charge >= 0.3 is 0 Å². The minimum atomic E-state index is -2.67. The van der Waals surface area contributed by atoms with Crippen molar-refractivity contribution in [3.05, 3.63) is 40.2 Å². The molecule has 0 unspecified atom stereocenters. The Bertz CT molecular complexity index is 1360. The van der Waals surface area contributed by atoms with Gasteiger partial charge in [-0.2, -0.15) is 0 Å². The zero-order valence-corrected chi connectivity index (χ0v) is 21.1. The molecule has 1 aromatic carbocycles. The van der Waals surface area contributed by atoms with Crippen molar-refractivity contribution >= 4 is 34.9 Å². The maximum absolute atomic E-state index is 13.9. The predicted molar refractivity (Wildman–Crippen MR) is 136 cm³/mol. The summed E-state index contributed by atoms with van der Waals surface area (Å²) in [5, 5.41) is 44.5. The largest absolute Gasteiger partial charge is 0.508 e. The normalized spacial score (nSPS) is 29.5. The van der Waals surface area contributed by atoms with E-state index in [0.717, 1.165) is 25.9 Å². The lowest BCUT2D eigenvalue weighted by Gasteiger charge is -2.50. The topological polar surface area (TPSA) is 203 Å². The van der Waals surface area contributed by atoms with Crippen molar-refractivity contribution < 1.29 is 34.8 Å². The maximum Gasteiger partial charge on any atom is 0.255 e. The summed E-state index contributed by atoms with van der Waals surface area (Å²) in [6.07, 6.45) is 2.15. The van der Waals surface area contributed by atoms with Gasteiger partial charge < -0.3 is 36.8 Å². The number of phenolic OH excluding ortho intramolecular Hbond substituents is 1. The highest BCUT2D eigenvalue weighted by Gasteiger charge is 2.64. The quantitative estimate of drug-likeness (QED) is 0.177. The third kappa shape index (κ3) is 3.51. The molecular formula is C26H31N5O7. The van der Waals surface area contributed by atoms with E-state index in [1.807, 2.05) is 4.90 Å². The van der Waals surface area contributed by atoms with Gasteiger partial charge in [-0.05, 0) is 63.4 Å². The van der Waals surface area contributed by atoms with E-state index >= 15 is 0 Å². The molecule has 12 heteroatoms. The van der Waals surface area contributed by atoms with Crippen LogP contribution in [0.5, 0.6) is 5.75 Å². The predicted octanol–water partition coefficient (Wildman–Crippen LogP) is 0.00600. The van der Waals surface area contributed by atoms with Crippen molar-refractivity contribution in [3.63, 3.8) is 0 Å². The second-order valence-electron chi connectivity index (χ2n) is 10.6. The molecule has 12 nitrogen and oxygen atoms in total. The second-order valence-corrected chi connectivity index (χ2v) is 10.6. The molecule has 5 rings (SSSR count). The highest BCUT2D eigenvalue weighted by molar-refractivity contribution is 6.24. The van der Waals surface area contributed by atoms with Crippen LogP contribution in [0.3, 0.4) is 0 Å². The number of guanidine groups is 1. The number of amides is 1. The average molecular weight is 526 g/mol. The molecule has 38 heavy (non-hydrogen) atoms. The number of phenols is 1. The molecule has 202 valence electrons. The van der Waals surface area contributed by atoms with Crippen LogP contribution in [0.25, 0.3) is 5.76 Å². The lowest BCUT2D eigenvalue weighted by Crippen LogP contribution is -2.65. The van der Waals surface area contributed by atoms with Crippen LogP contribution in [0.2, 0.25) is 0 Å². The SMILES string of the molecule is CN(C)[C@H]1C(=O)C(C(N)=O)=C(O)[C@@]2(O)C(=O)C3=C(O)c4c(O)ccc(N=C(N)N5CCCC5)c4C[C@H]3C[C@@H]12. The number of fused-ring (bicyclic) bond motifs is 3. The Labute approximate surface area is 218 Å². The van der Waals surface area contributed by atoms with Crippen molar-refractivity contribution in [2.24, 2.45) is 28.3 Å². The van der Waals surface area contributed by atoms with Gasteiger partial charge in [0.1, 0.15) is 22.8 Å². The molecule has 1 aromatic rings. The minimum Gasteiger partial charge on any atom is -0.508 e. The number of hydrogen-bond acceptors (Lipinski definition) is 9. The van der Waals surface area contributed by atoms with Gasteiger partial charge in [0.2, 0.25) is 5.78 Å². The van der Waals surface area contributed by atoms with E-state index in [-0.39, 0.29) is 29.7 Å². The Morgan fingerprint density at radius 1 is 1.13 bits per heavy atom. The number of hydrogen-bond donors (Lipinski definition) is 6. The molecule has 0 spiro atoms. The van der Waals surface area contributed by atoms with Crippen LogP contribution in [0.4, 0.5) is 5.69 Å². The number of aliphatic hydroxyl groups excluding tert-OH is 2. The van der Waals surface area contributed by atoms with E-state index in [0.29, 0.717) is 17.2 Å². The number of aliphatic imine (C=N–C) groups is 1. The number of benzene rings is 1. The first-order chi connectivity index (χ1) is 17.9. The van der Waals surface area contributed by atoms with Gasteiger partial charge in [0, 0.05) is 24.6 Å². The molecule has 1 saturated carbocycles. The van der Waals surface area contributed by atoms with Crippen LogP contribution in [-0.4, -0.2) is 92.5 Å². The monoisotopic (exact) mass is 525 g/mol. The van der Waals surface area contributed by atoms with E-state index in [2.05, 4.69) is 4.99 Å². The van der Waals surface area contributed by atoms with Gasteiger partial charge in [-0.3, -0.25) is 19.3 Å². The Kier molecular flexibility index (Phi) is 5.99. The number of carbonyl (C=O) groups is 3. The molecule has 0 radical (unpaired) electrons. The van der Waals surface area contributed by atoms with Crippen molar-refractivity contribution in [1.82, 2.24) is 9.80 Å². The average Bonchev–Trinajstić information content (AvgIpc) is 3.38. The van der Waals surface area contributed by atoms with E-state index in [1.54, 1.807) is 20.2 Å². The molecule has 0 aromatic heterocycles. The molecule has 3 aliphatic carbocycles. The van der Waals surface area contributed by atoms with Gasteiger partial charge in [-0.25, -0.2) is 4.99 Å². The molecule has 2 fully saturated rings. The van der Waals surface area contributed by atoms with Crippen LogP contribution in [0.1, 0.15) is 30.4 Å². The number of likely N-dealkylation sites (N-methyl/N-ethyl adjacent to an activating group) is 1. The summed E-state index contributed by atoms with van der Waals surface area (Å²) in [6.45, 7) is 1.54. The number of nitrogens with zero attached hydrogens (tertiary/aromatic N) is 3. The van der Waals surface area contributed by atoms with Gasteiger partial charge in [0.05, 0.1) is 17.3 Å². The van der Waals surface area contributed by atoms with Gasteiger partial charge in [0.25, 0.3) is 5.91 Å². The van der Waals surface area contributed by atoms with Gasteiger partial charge in [-0.15, -0.1) is 0 Å². The van der Waals surface area contributed by atoms with E-state index in [9.17, 15) is 34.8 Å².